The van der Waals surface area contributed by atoms with Gasteiger partial charge in [0.1, 0.15) is 0 Å². The molecule has 114 valence electrons. The van der Waals surface area contributed by atoms with Crippen molar-refractivity contribution in [3.05, 3.63) is 35.4 Å². The molecule has 0 bridgehead atoms. The van der Waals surface area contributed by atoms with Gasteiger partial charge in [0.05, 0.1) is 5.56 Å². The van der Waals surface area contributed by atoms with Crippen molar-refractivity contribution in [1.82, 2.24) is 10.2 Å². The Hall–Kier alpha value is -1.07. The predicted molar refractivity (Wildman–Crippen MR) is 75.8 cm³/mol. The summed E-state index contributed by atoms with van der Waals surface area (Å²) in [4.78, 5) is 2.32. The molecular formula is C15H23F3N2. The number of alkyl halides is 3. The van der Waals surface area contributed by atoms with Gasteiger partial charge in [-0.1, -0.05) is 26.0 Å². The SMILES string of the molecule is CCN(CC)CCNCCc1ccc(C(F)(F)F)cc1. The third kappa shape index (κ3) is 5.92. The zero-order chi connectivity index (χ0) is 15.0. The van der Waals surface area contributed by atoms with Crippen molar-refractivity contribution in [2.75, 3.05) is 32.7 Å². The molecule has 0 spiro atoms. The molecule has 1 N–H and O–H groups in total. The fourth-order valence-electron chi connectivity index (χ4n) is 2.00. The summed E-state index contributed by atoms with van der Waals surface area (Å²) in [6.45, 7) is 9.03. The number of nitrogens with zero attached hydrogens (tertiary/aromatic N) is 1. The molecule has 0 aliphatic rings. The number of hydrogen-bond donors (Lipinski definition) is 1. The van der Waals surface area contributed by atoms with Gasteiger partial charge in [0.25, 0.3) is 0 Å². The van der Waals surface area contributed by atoms with E-state index < -0.39 is 11.7 Å². The number of benzene rings is 1. The summed E-state index contributed by atoms with van der Waals surface area (Å²) in [6, 6.07) is 5.39. The van der Waals surface area contributed by atoms with Crippen LogP contribution >= 0.6 is 0 Å². The Balaban J connectivity index is 2.26. The van der Waals surface area contributed by atoms with Crippen LogP contribution in [0.15, 0.2) is 24.3 Å². The van der Waals surface area contributed by atoms with Crippen LogP contribution < -0.4 is 5.32 Å². The minimum absolute atomic E-state index is 0.587. The maximum atomic E-state index is 12.4. The van der Waals surface area contributed by atoms with Gasteiger partial charge < -0.3 is 10.2 Å². The molecule has 2 nitrogen and oxygen atoms in total. The van der Waals surface area contributed by atoms with Crippen LogP contribution in [0.2, 0.25) is 0 Å². The Morgan fingerprint density at radius 1 is 1.00 bits per heavy atom. The van der Waals surface area contributed by atoms with Crippen LogP contribution in [0.25, 0.3) is 0 Å². The summed E-state index contributed by atoms with van der Waals surface area (Å²) in [6.07, 6.45) is -3.50. The van der Waals surface area contributed by atoms with Crippen molar-refractivity contribution in [1.29, 1.82) is 0 Å². The molecule has 20 heavy (non-hydrogen) atoms. The Morgan fingerprint density at radius 3 is 2.10 bits per heavy atom. The van der Waals surface area contributed by atoms with Crippen LogP contribution in [-0.2, 0) is 12.6 Å². The van der Waals surface area contributed by atoms with Gasteiger partial charge in [-0.05, 0) is 43.8 Å². The van der Waals surface area contributed by atoms with E-state index in [1.807, 2.05) is 0 Å². The van der Waals surface area contributed by atoms with Crippen LogP contribution in [0.1, 0.15) is 25.0 Å². The van der Waals surface area contributed by atoms with Crippen LogP contribution in [0, 0.1) is 0 Å². The first-order valence-electron chi connectivity index (χ1n) is 7.06. The fraction of sp³-hybridized carbons (Fsp3) is 0.600. The van der Waals surface area contributed by atoms with Gasteiger partial charge in [0, 0.05) is 13.1 Å². The van der Waals surface area contributed by atoms with Crippen LogP contribution in [0.3, 0.4) is 0 Å². The zero-order valence-corrected chi connectivity index (χ0v) is 12.1. The highest BCUT2D eigenvalue weighted by Gasteiger charge is 2.29. The molecule has 0 aliphatic heterocycles. The van der Waals surface area contributed by atoms with Crippen LogP contribution in [0.5, 0.6) is 0 Å². The molecule has 0 radical (unpaired) electrons. The van der Waals surface area contributed by atoms with E-state index in [9.17, 15) is 13.2 Å². The van der Waals surface area contributed by atoms with Gasteiger partial charge >= 0.3 is 6.18 Å². The van der Waals surface area contributed by atoms with E-state index in [1.54, 1.807) is 12.1 Å². The van der Waals surface area contributed by atoms with E-state index in [4.69, 9.17) is 0 Å². The lowest BCUT2D eigenvalue weighted by atomic mass is 10.1. The monoisotopic (exact) mass is 288 g/mol. The lowest BCUT2D eigenvalue weighted by molar-refractivity contribution is -0.137. The first-order chi connectivity index (χ1) is 9.47. The smallest absolute Gasteiger partial charge is 0.315 e. The summed E-state index contributed by atoms with van der Waals surface area (Å²) in [7, 11) is 0. The molecule has 0 amide bonds. The van der Waals surface area contributed by atoms with E-state index in [0.29, 0.717) is 0 Å². The van der Waals surface area contributed by atoms with Crippen molar-refractivity contribution < 1.29 is 13.2 Å². The highest BCUT2D eigenvalue weighted by atomic mass is 19.4. The summed E-state index contributed by atoms with van der Waals surface area (Å²) < 4.78 is 37.2. The molecular weight excluding hydrogens is 265 g/mol. The first-order valence-corrected chi connectivity index (χ1v) is 7.06. The summed E-state index contributed by atoms with van der Waals surface area (Å²) >= 11 is 0. The van der Waals surface area contributed by atoms with Gasteiger partial charge in [-0.3, -0.25) is 0 Å². The lowest BCUT2D eigenvalue weighted by Gasteiger charge is -2.18. The number of likely N-dealkylation sites (N-methyl/N-ethyl adjacent to an activating group) is 1. The lowest BCUT2D eigenvalue weighted by Crippen LogP contribution is -2.32. The third-order valence-corrected chi connectivity index (χ3v) is 3.37. The van der Waals surface area contributed by atoms with E-state index in [2.05, 4.69) is 24.1 Å². The third-order valence-electron chi connectivity index (χ3n) is 3.37. The highest BCUT2D eigenvalue weighted by molar-refractivity contribution is 5.24. The molecule has 1 aromatic rings. The van der Waals surface area contributed by atoms with E-state index >= 15 is 0 Å². The maximum Gasteiger partial charge on any atom is 0.416 e. The van der Waals surface area contributed by atoms with Gasteiger partial charge in [0.2, 0.25) is 0 Å². The normalized spacial score (nSPS) is 12.1. The second kappa shape index (κ2) is 8.27. The second-order valence-corrected chi connectivity index (χ2v) is 4.72. The topological polar surface area (TPSA) is 15.3 Å². The quantitative estimate of drug-likeness (QED) is 0.739. The fourth-order valence-corrected chi connectivity index (χ4v) is 2.00. The van der Waals surface area contributed by atoms with Crippen molar-refractivity contribution >= 4 is 0 Å². The summed E-state index contributed by atoms with van der Waals surface area (Å²) in [5.41, 5.74) is 0.337. The standard InChI is InChI=1S/C15H23F3N2/c1-3-20(4-2)12-11-19-10-9-13-5-7-14(8-6-13)15(16,17)18/h5-8,19H,3-4,9-12H2,1-2H3. The Morgan fingerprint density at radius 2 is 1.60 bits per heavy atom. The molecule has 0 saturated carbocycles. The molecule has 0 aliphatic carbocycles. The van der Waals surface area contributed by atoms with Crippen LogP contribution in [0.4, 0.5) is 13.2 Å². The van der Waals surface area contributed by atoms with Crippen molar-refractivity contribution in [3.63, 3.8) is 0 Å². The maximum absolute atomic E-state index is 12.4. The summed E-state index contributed by atoms with van der Waals surface area (Å²) in [5, 5.41) is 3.31. The average molecular weight is 288 g/mol. The molecule has 0 heterocycles. The highest BCUT2D eigenvalue weighted by Crippen LogP contribution is 2.29. The van der Waals surface area contributed by atoms with E-state index in [-0.39, 0.29) is 0 Å². The molecule has 5 heteroatoms. The van der Waals surface area contributed by atoms with Gasteiger partial charge in [-0.2, -0.15) is 13.2 Å². The van der Waals surface area contributed by atoms with Crippen molar-refractivity contribution in [2.24, 2.45) is 0 Å². The van der Waals surface area contributed by atoms with Gasteiger partial charge in [-0.15, -0.1) is 0 Å². The van der Waals surface area contributed by atoms with Crippen molar-refractivity contribution in [2.45, 2.75) is 26.4 Å². The predicted octanol–water partition coefficient (Wildman–Crippen LogP) is 3.18. The molecule has 0 atom stereocenters. The van der Waals surface area contributed by atoms with Crippen molar-refractivity contribution in [3.8, 4) is 0 Å². The number of halogens is 3. The van der Waals surface area contributed by atoms with E-state index in [0.717, 1.165) is 56.8 Å². The minimum Gasteiger partial charge on any atom is -0.315 e. The Kier molecular flexibility index (Phi) is 7.02. The Labute approximate surface area is 119 Å². The molecule has 0 saturated heterocycles. The Bertz CT molecular complexity index is 370. The number of rotatable bonds is 8. The zero-order valence-electron chi connectivity index (χ0n) is 12.1. The number of nitrogens with one attached hydrogen (secondary N) is 1. The minimum atomic E-state index is -4.25. The first kappa shape index (κ1) is 17.0. The van der Waals surface area contributed by atoms with Gasteiger partial charge in [-0.25, -0.2) is 0 Å². The average Bonchev–Trinajstić information content (AvgIpc) is 2.42. The summed E-state index contributed by atoms with van der Waals surface area (Å²) in [5.74, 6) is 0. The van der Waals surface area contributed by atoms with Gasteiger partial charge in [0.15, 0.2) is 0 Å². The molecule has 1 rings (SSSR count). The largest absolute Gasteiger partial charge is 0.416 e. The second-order valence-electron chi connectivity index (χ2n) is 4.72. The number of hydrogen-bond acceptors (Lipinski definition) is 2. The molecule has 0 aromatic heterocycles. The van der Waals surface area contributed by atoms with E-state index in [1.165, 1.54) is 0 Å². The van der Waals surface area contributed by atoms with Crippen LogP contribution in [-0.4, -0.2) is 37.6 Å². The molecule has 0 unspecified atom stereocenters. The molecule has 1 aromatic carbocycles. The molecule has 0 fully saturated rings.